The summed E-state index contributed by atoms with van der Waals surface area (Å²) >= 11 is 0. The Kier molecular flexibility index (Phi) is 5.02. The predicted molar refractivity (Wildman–Crippen MR) is 45.3 cm³/mol. The molecule has 0 atom stereocenters. The Morgan fingerprint density at radius 1 is 1.67 bits per heavy atom. The maximum Gasteiger partial charge on any atom is 0.194 e. The first-order valence-electron chi connectivity index (χ1n) is 3.25. The molecule has 64 valence electrons. The SMILES string of the molecule is CN=C(NC)N/C=C(\C#N)C=O. The van der Waals surface area contributed by atoms with Gasteiger partial charge in [0.1, 0.15) is 11.6 Å². The van der Waals surface area contributed by atoms with Gasteiger partial charge >= 0.3 is 0 Å². The number of nitrogens with zero attached hydrogens (tertiary/aromatic N) is 2. The second kappa shape index (κ2) is 5.92. The lowest BCUT2D eigenvalue weighted by atomic mass is 10.4. The van der Waals surface area contributed by atoms with E-state index in [0.717, 1.165) is 0 Å². The predicted octanol–water partition coefficient (Wildman–Crippen LogP) is -0.612. The van der Waals surface area contributed by atoms with E-state index in [1.807, 2.05) is 0 Å². The van der Waals surface area contributed by atoms with Crippen LogP contribution >= 0.6 is 0 Å². The molecule has 5 heteroatoms. The van der Waals surface area contributed by atoms with Gasteiger partial charge in [0.2, 0.25) is 0 Å². The molecule has 0 unspecified atom stereocenters. The molecule has 0 aliphatic rings. The number of nitrogens with one attached hydrogen (secondary N) is 2. The van der Waals surface area contributed by atoms with Crippen LogP contribution in [0.5, 0.6) is 0 Å². The fraction of sp³-hybridized carbons (Fsp3) is 0.286. The van der Waals surface area contributed by atoms with E-state index in [4.69, 9.17) is 5.26 Å². The van der Waals surface area contributed by atoms with Gasteiger partial charge in [-0.2, -0.15) is 5.26 Å². The van der Waals surface area contributed by atoms with Crippen LogP contribution < -0.4 is 10.6 Å². The fourth-order valence-corrected chi connectivity index (χ4v) is 0.487. The third kappa shape index (κ3) is 3.37. The smallest absolute Gasteiger partial charge is 0.194 e. The zero-order chi connectivity index (χ0) is 9.40. The molecule has 0 fully saturated rings. The van der Waals surface area contributed by atoms with Crippen LogP contribution in [0.2, 0.25) is 0 Å². The highest BCUT2D eigenvalue weighted by atomic mass is 16.1. The number of nitriles is 1. The molecule has 0 saturated carbocycles. The number of carbonyl (C=O) groups excluding carboxylic acids is 1. The molecule has 2 N–H and O–H groups in total. The molecule has 12 heavy (non-hydrogen) atoms. The van der Waals surface area contributed by atoms with Gasteiger partial charge in [-0.3, -0.25) is 9.79 Å². The second-order valence-electron chi connectivity index (χ2n) is 1.80. The minimum Gasteiger partial charge on any atom is -0.359 e. The molecule has 0 saturated heterocycles. The molecule has 0 radical (unpaired) electrons. The molecule has 0 rings (SSSR count). The number of aldehydes is 1. The van der Waals surface area contributed by atoms with Crippen LogP contribution in [0.25, 0.3) is 0 Å². The van der Waals surface area contributed by atoms with Gasteiger partial charge in [0.15, 0.2) is 12.2 Å². The number of aliphatic imine (C=N–C) groups is 1. The van der Waals surface area contributed by atoms with Crippen molar-refractivity contribution in [3.8, 4) is 6.07 Å². The largest absolute Gasteiger partial charge is 0.359 e. The molecule has 0 heterocycles. The van der Waals surface area contributed by atoms with Crippen molar-refractivity contribution >= 4 is 12.2 Å². The summed E-state index contributed by atoms with van der Waals surface area (Å²) in [6, 6.07) is 1.70. The van der Waals surface area contributed by atoms with Crippen LogP contribution in [0, 0.1) is 11.3 Å². The van der Waals surface area contributed by atoms with Crippen LogP contribution in [0.4, 0.5) is 0 Å². The standard InChI is InChI=1S/C7H10N4O/c1-9-7(10-2)11-4-6(3-8)5-12/h4-5H,1-2H3,(H2,9,10,11)/b6-4+. The van der Waals surface area contributed by atoms with Gasteiger partial charge < -0.3 is 10.6 Å². The maximum absolute atomic E-state index is 10.1. The molecule has 0 aliphatic heterocycles. The number of hydrogen-bond donors (Lipinski definition) is 2. The molecule has 0 spiro atoms. The van der Waals surface area contributed by atoms with Gasteiger partial charge in [-0.05, 0) is 0 Å². The van der Waals surface area contributed by atoms with Crippen molar-refractivity contribution in [3.05, 3.63) is 11.8 Å². The fourth-order valence-electron chi connectivity index (χ4n) is 0.487. The van der Waals surface area contributed by atoms with Crippen LogP contribution in [-0.4, -0.2) is 26.3 Å². The Balaban J connectivity index is 4.21. The average molecular weight is 166 g/mol. The molecule has 0 aliphatic carbocycles. The number of carbonyl (C=O) groups is 1. The summed E-state index contributed by atoms with van der Waals surface area (Å²) in [5.74, 6) is 0.490. The summed E-state index contributed by atoms with van der Waals surface area (Å²) in [5.41, 5.74) is 0.0198. The van der Waals surface area contributed by atoms with E-state index < -0.39 is 0 Å². The van der Waals surface area contributed by atoms with Crippen LogP contribution in [-0.2, 0) is 4.79 Å². The minimum absolute atomic E-state index is 0.0198. The lowest BCUT2D eigenvalue weighted by Gasteiger charge is -2.01. The third-order valence-corrected chi connectivity index (χ3v) is 1.08. The molecule has 0 aromatic heterocycles. The van der Waals surface area contributed by atoms with Gasteiger partial charge in [0.05, 0.1) is 0 Å². The molecule has 0 amide bonds. The first-order valence-corrected chi connectivity index (χ1v) is 3.25. The van der Waals surface area contributed by atoms with E-state index in [2.05, 4.69) is 15.6 Å². The van der Waals surface area contributed by atoms with Crippen molar-refractivity contribution in [2.24, 2.45) is 4.99 Å². The van der Waals surface area contributed by atoms with Gasteiger partial charge in [-0.1, -0.05) is 0 Å². The highest BCUT2D eigenvalue weighted by molar-refractivity contribution is 5.83. The van der Waals surface area contributed by atoms with E-state index in [1.165, 1.54) is 6.20 Å². The Hall–Kier alpha value is -1.83. The molecule has 0 bridgehead atoms. The number of hydrogen-bond acceptors (Lipinski definition) is 3. The second-order valence-corrected chi connectivity index (χ2v) is 1.80. The summed E-state index contributed by atoms with van der Waals surface area (Å²) in [6.45, 7) is 0. The summed E-state index contributed by atoms with van der Waals surface area (Å²) in [6.07, 6.45) is 1.75. The maximum atomic E-state index is 10.1. The van der Waals surface area contributed by atoms with Gasteiger partial charge in [-0.15, -0.1) is 0 Å². The van der Waals surface area contributed by atoms with Crippen molar-refractivity contribution in [2.45, 2.75) is 0 Å². The van der Waals surface area contributed by atoms with E-state index >= 15 is 0 Å². The van der Waals surface area contributed by atoms with E-state index in [9.17, 15) is 4.79 Å². The topological polar surface area (TPSA) is 77.3 Å². The van der Waals surface area contributed by atoms with Crippen molar-refractivity contribution in [2.75, 3.05) is 14.1 Å². The summed E-state index contributed by atoms with van der Waals surface area (Å²) in [5, 5.41) is 13.7. The zero-order valence-electron chi connectivity index (χ0n) is 6.96. The number of guanidine groups is 1. The lowest BCUT2D eigenvalue weighted by Crippen LogP contribution is -2.31. The van der Waals surface area contributed by atoms with Crippen LogP contribution in [0.1, 0.15) is 0 Å². The Morgan fingerprint density at radius 2 is 2.33 bits per heavy atom. The molecule has 5 nitrogen and oxygen atoms in total. The molecular weight excluding hydrogens is 156 g/mol. The molecule has 0 aromatic rings. The first kappa shape index (κ1) is 10.2. The van der Waals surface area contributed by atoms with Gasteiger partial charge in [0, 0.05) is 20.3 Å². The highest BCUT2D eigenvalue weighted by Crippen LogP contribution is 1.81. The van der Waals surface area contributed by atoms with E-state index in [1.54, 1.807) is 20.2 Å². The van der Waals surface area contributed by atoms with E-state index in [0.29, 0.717) is 12.2 Å². The van der Waals surface area contributed by atoms with Crippen LogP contribution in [0.15, 0.2) is 16.8 Å². The quantitative estimate of drug-likeness (QED) is 0.188. The van der Waals surface area contributed by atoms with Crippen molar-refractivity contribution < 1.29 is 4.79 Å². The zero-order valence-corrected chi connectivity index (χ0v) is 6.96. The summed E-state index contributed by atoms with van der Waals surface area (Å²) < 4.78 is 0. The van der Waals surface area contributed by atoms with Crippen molar-refractivity contribution in [1.29, 1.82) is 5.26 Å². The average Bonchev–Trinajstić information content (AvgIpc) is 2.13. The Labute approximate surface area is 70.8 Å². The Morgan fingerprint density at radius 3 is 2.67 bits per heavy atom. The number of allylic oxidation sites excluding steroid dienone is 1. The van der Waals surface area contributed by atoms with Gasteiger partial charge in [0.25, 0.3) is 0 Å². The number of rotatable bonds is 2. The Bertz CT molecular complexity index is 249. The highest BCUT2D eigenvalue weighted by Gasteiger charge is 1.92. The lowest BCUT2D eigenvalue weighted by molar-refractivity contribution is -0.104. The van der Waals surface area contributed by atoms with E-state index in [-0.39, 0.29) is 5.57 Å². The monoisotopic (exact) mass is 166 g/mol. The summed E-state index contributed by atoms with van der Waals surface area (Å²) in [7, 11) is 3.26. The molecular formula is C7H10N4O. The first-order chi connectivity index (χ1) is 5.78. The molecule has 0 aromatic carbocycles. The normalized spacial score (nSPS) is 11.8. The summed E-state index contributed by atoms with van der Waals surface area (Å²) in [4.78, 5) is 13.9. The van der Waals surface area contributed by atoms with Gasteiger partial charge in [-0.25, -0.2) is 0 Å². The minimum atomic E-state index is 0.0198. The van der Waals surface area contributed by atoms with Crippen molar-refractivity contribution in [1.82, 2.24) is 10.6 Å². The third-order valence-electron chi connectivity index (χ3n) is 1.08. The van der Waals surface area contributed by atoms with Crippen molar-refractivity contribution in [3.63, 3.8) is 0 Å². The van der Waals surface area contributed by atoms with Crippen LogP contribution in [0.3, 0.4) is 0 Å².